The summed E-state index contributed by atoms with van der Waals surface area (Å²) in [6, 6.07) is 8.68. The molecule has 0 N–H and O–H groups in total. The molecule has 0 fully saturated rings. The van der Waals surface area contributed by atoms with Gasteiger partial charge in [-0.05, 0) is 6.08 Å². The highest BCUT2D eigenvalue weighted by atomic mass is 35.5. The number of benzene rings is 1. The van der Waals surface area contributed by atoms with E-state index in [9.17, 15) is 13.2 Å². The lowest BCUT2D eigenvalue weighted by Gasteiger charge is -2.12. The molecule has 0 amide bonds. The number of carbonyl (C=O) groups is 1. The van der Waals surface area contributed by atoms with E-state index >= 15 is 0 Å². The first kappa shape index (κ1) is 14.4. The van der Waals surface area contributed by atoms with E-state index in [1.165, 1.54) is 6.08 Å². The third-order valence-electron chi connectivity index (χ3n) is 2.51. The van der Waals surface area contributed by atoms with Gasteiger partial charge in [-0.15, -0.1) is 12.4 Å². The molecule has 1 atom stereocenters. The van der Waals surface area contributed by atoms with Crippen molar-refractivity contribution >= 4 is 33.3 Å². The van der Waals surface area contributed by atoms with Gasteiger partial charge in [0.05, 0.1) is 10.8 Å². The lowest BCUT2D eigenvalue weighted by molar-refractivity contribution is 0.0973. The van der Waals surface area contributed by atoms with Crippen LogP contribution in [0.3, 0.4) is 0 Å². The SMILES string of the molecule is Cl.O=C(c1ccccc1)C1C=CC=CC1=S(=O)=O. The molecule has 0 saturated carbocycles. The maximum Gasteiger partial charge on any atom is 0.218 e. The molecule has 1 aromatic rings. The van der Waals surface area contributed by atoms with Crippen LogP contribution in [0, 0.1) is 5.92 Å². The Hall–Kier alpha value is -1.65. The van der Waals surface area contributed by atoms with Gasteiger partial charge in [-0.1, -0.05) is 48.6 Å². The molecular formula is C13H11ClO3S. The van der Waals surface area contributed by atoms with Gasteiger partial charge in [0.2, 0.25) is 10.3 Å². The molecule has 0 heterocycles. The largest absolute Gasteiger partial charge is 0.293 e. The summed E-state index contributed by atoms with van der Waals surface area (Å²) in [6.07, 6.45) is 6.34. The third kappa shape index (κ3) is 2.97. The molecular weight excluding hydrogens is 272 g/mol. The number of hydrogen-bond donors (Lipinski definition) is 0. The van der Waals surface area contributed by atoms with E-state index in [-0.39, 0.29) is 23.1 Å². The highest BCUT2D eigenvalue weighted by Crippen LogP contribution is 2.15. The van der Waals surface area contributed by atoms with Crippen molar-refractivity contribution in [3.8, 4) is 0 Å². The molecule has 0 saturated heterocycles. The molecule has 3 nitrogen and oxygen atoms in total. The van der Waals surface area contributed by atoms with Gasteiger partial charge < -0.3 is 0 Å². The van der Waals surface area contributed by atoms with Crippen LogP contribution in [0.5, 0.6) is 0 Å². The van der Waals surface area contributed by atoms with Crippen molar-refractivity contribution < 1.29 is 13.2 Å². The summed E-state index contributed by atoms with van der Waals surface area (Å²) in [5.41, 5.74) is 0.514. The molecule has 18 heavy (non-hydrogen) atoms. The van der Waals surface area contributed by atoms with Gasteiger partial charge in [-0.3, -0.25) is 4.79 Å². The Labute approximate surface area is 113 Å². The van der Waals surface area contributed by atoms with Gasteiger partial charge in [0.25, 0.3) is 0 Å². The molecule has 1 aliphatic rings. The van der Waals surface area contributed by atoms with Crippen LogP contribution in [0.1, 0.15) is 10.4 Å². The van der Waals surface area contributed by atoms with Crippen LogP contribution in [-0.2, 0) is 10.3 Å². The Morgan fingerprint density at radius 1 is 1.06 bits per heavy atom. The fourth-order valence-corrected chi connectivity index (χ4v) is 2.26. The highest BCUT2D eigenvalue weighted by molar-refractivity contribution is 7.73. The van der Waals surface area contributed by atoms with Gasteiger partial charge in [-0.2, -0.15) is 8.42 Å². The lowest BCUT2D eigenvalue weighted by atomic mass is 9.92. The number of rotatable bonds is 2. The summed E-state index contributed by atoms with van der Waals surface area (Å²) in [5, 5.41) is 0. The van der Waals surface area contributed by atoms with E-state index in [4.69, 9.17) is 0 Å². The Bertz CT molecular complexity index is 619. The van der Waals surface area contributed by atoms with E-state index in [1.54, 1.807) is 42.5 Å². The molecule has 0 radical (unpaired) electrons. The summed E-state index contributed by atoms with van der Waals surface area (Å²) < 4.78 is 22.1. The molecule has 0 spiro atoms. The Kier molecular flexibility index (Phi) is 5.07. The first-order valence-electron chi connectivity index (χ1n) is 5.10. The third-order valence-corrected chi connectivity index (χ3v) is 3.29. The smallest absolute Gasteiger partial charge is 0.218 e. The molecule has 0 aliphatic heterocycles. The normalized spacial score (nSPS) is 17.1. The minimum atomic E-state index is -2.37. The fraction of sp³-hybridized carbons (Fsp3) is 0.0769. The van der Waals surface area contributed by atoms with Crippen LogP contribution in [0.4, 0.5) is 0 Å². The maximum absolute atomic E-state index is 12.1. The second-order valence-electron chi connectivity index (χ2n) is 3.59. The van der Waals surface area contributed by atoms with Gasteiger partial charge in [0, 0.05) is 5.56 Å². The molecule has 5 heteroatoms. The maximum atomic E-state index is 12.1. The summed E-state index contributed by atoms with van der Waals surface area (Å²) in [4.78, 5) is 12.2. The average Bonchev–Trinajstić information content (AvgIpc) is 2.39. The van der Waals surface area contributed by atoms with Crippen molar-refractivity contribution in [3.05, 3.63) is 60.2 Å². The average molecular weight is 283 g/mol. The van der Waals surface area contributed by atoms with Crippen molar-refractivity contribution in [2.45, 2.75) is 0 Å². The van der Waals surface area contributed by atoms with Crippen LogP contribution in [-0.4, -0.2) is 19.1 Å². The Morgan fingerprint density at radius 2 is 1.72 bits per heavy atom. The molecule has 1 unspecified atom stereocenters. The summed E-state index contributed by atoms with van der Waals surface area (Å²) >= 11 is 0. The van der Waals surface area contributed by atoms with E-state index in [1.807, 2.05) is 6.07 Å². The number of halogens is 1. The van der Waals surface area contributed by atoms with E-state index < -0.39 is 16.2 Å². The highest BCUT2D eigenvalue weighted by Gasteiger charge is 2.23. The first-order chi connectivity index (χ1) is 8.20. The van der Waals surface area contributed by atoms with Crippen LogP contribution in [0.2, 0.25) is 0 Å². The molecule has 0 aromatic heterocycles. The topological polar surface area (TPSA) is 51.2 Å². The predicted octanol–water partition coefficient (Wildman–Crippen LogP) is 2.08. The number of ketones is 1. The van der Waals surface area contributed by atoms with E-state index in [2.05, 4.69) is 0 Å². The zero-order valence-electron chi connectivity index (χ0n) is 9.31. The second kappa shape index (κ2) is 6.33. The zero-order valence-corrected chi connectivity index (χ0v) is 10.9. The van der Waals surface area contributed by atoms with E-state index in [0.717, 1.165) is 0 Å². The number of allylic oxidation sites excluding steroid dienone is 4. The second-order valence-corrected chi connectivity index (χ2v) is 4.53. The summed E-state index contributed by atoms with van der Waals surface area (Å²) in [5.74, 6) is -0.911. The van der Waals surface area contributed by atoms with Gasteiger partial charge in [-0.25, -0.2) is 0 Å². The zero-order chi connectivity index (χ0) is 12.3. The molecule has 0 bridgehead atoms. The summed E-state index contributed by atoms with van der Waals surface area (Å²) in [6.45, 7) is 0. The number of Topliss-reactive ketones (excluding diaryl/α,β-unsaturated/α-hetero) is 1. The Balaban J connectivity index is 0.00000162. The van der Waals surface area contributed by atoms with Gasteiger partial charge in [0.1, 0.15) is 0 Å². The standard InChI is InChI=1S/C13H10O3S.ClH/c14-13(10-6-2-1-3-7-10)11-8-4-5-9-12(11)17(15)16;/h1-9,11H;1H. The van der Waals surface area contributed by atoms with Crippen molar-refractivity contribution in [1.82, 2.24) is 0 Å². The van der Waals surface area contributed by atoms with Crippen molar-refractivity contribution in [3.63, 3.8) is 0 Å². The Morgan fingerprint density at radius 3 is 2.33 bits per heavy atom. The van der Waals surface area contributed by atoms with Crippen molar-refractivity contribution in [1.29, 1.82) is 0 Å². The van der Waals surface area contributed by atoms with Crippen LogP contribution < -0.4 is 0 Å². The molecule has 2 rings (SSSR count). The first-order valence-corrected chi connectivity index (χ1v) is 6.18. The number of hydrogen-bond acceptors (Lipinski definition) is 3. The minimum Gasteiger partial charge on any atom is -0.293 e. The minimum absolute atomic E-state index is 0. The van der Waals surface area contributed by atoms with E-state index in [0.29, 0.717) is 5.56 Å². The van der Waals surface area contributed by atoms with Gasteiger partial charge in [0.15, 0.2) is 5.78 Å². The molecule has 1 aliphatic carbocycles. The van der Waals surface area contributed by atoms with Gasteiger partial charge >= 0.3 is 0 Å². The molecule has 94 valence electrons. The van der Waals surface area contributed by atoms with Crippen LogP contribution in [0.25, 0.3) is 0 Å². The molecule has 1 aromatic carbocycles. The quantitative estimate of drug-likeness (QED) is 0.616. The lowest BCUT2D eigenvalue weighted by Crippen LogP contribution is -2.23. The number of carbonyl (C=O) groups excluding carboxylic acids is 1. The van der Waals surface area contributed by atoms with Crippen LogP contribution >= 0.6 is 12.4 Å². The van der Waals surface area contributed by atoms with Crippen LogP contribution in [0.15, 0.2) is 54.6 Å². The van der Waals surface area contributed by atoms with Crippen molar-refractivity contribution in [2.75, 3.05) is 0 Å². The monoisotopic (exact) mass is 282 g/mol. The van der Waals surface area contributed by atoms with Crippen molar-refractivity contribution in [2.24, 2.45) is 5.92 Å². The summed E-state index contributed by atoms with van der Waals surface area (Å²) in [7, 11) is -2.37. The predicted molar refractivity (Wildman–Crippen MR) is 73.7 cm³/mol. The fourth-order valence-electron chi connectivity index (χ4n) is 1.68.